The summed E-state index contributed by atoms with van der Waals surface area (Å²) in [6.45, 7) is 7.96. The van der Waals surface area contributed by atoms with Crippen molar-refractivity contribution in [2.45, 2.75) is 27.7 Å². The average molecular weight is 384 g/mol. The fourth-order valence-electron chi connectivity index (χ4n) is 3.45. The number of esters is 1. The van der Waals surface area contributed by atoms with Crippen molar-refractivity contribution in [1.29, 1.82) is 0 Å². The van der Waals surface area contributed by atoms with E-state index in [0.29, 0.717) is 34.6 Å². The molecule has 150 valence electrons. The van der Waals surface area contributed by atoms with Gasteiger partial charge in [0.05, 0.1) is 13.7 Å². The zero-order valence-corrected chi connectivity index (χ0v) is 17.4. The predicted molar refractivity (Wildman–Crippen MR) is 108 cm³/mol. The number of benzene rings is 1. The SMILES string of the molecule is COC(=O)c1c(C)c(C(=O)CN(CC(C)C)C(=O)c2ccccc2)c(C)n1C. The molecule has 0 fully saturated rings. The largest absolute Gasteiger partial charge is 0.464 e. The number of rotatable bonds is 7. The molecule has 2 rings (SSSR count). The molecule has 0 saturated carbocycles. The van der Waals surface area contributed by atoms with E-state index in [-0.39, 0.29) is 24.2 Å². The van der Waals surface area contributed by atoms with Gasteiger partial charge in [0.1, 0.15) is 5.69 Å². The van der Waals surface area contributed by atoms with E-state index in [0.717, 1.165) is 0 Å². The van der Waals surface area contributed by atoms with Gasteiger partial charge in [0.25, 0.3) is 5.91 Å². The average Bonchev–Trinajstić information content (AvgIpc) is 2.89. The van der Waals surface area contributed by atoms with E-state index in [1.165, 1.54) is 7.11 Å². The molecule has 0 aliphatic heterocycles. The Morgan fingerprint density at radius 3 is 2.25 bits per heavy atom. The van der Waals surface area contributed by atoms with Gasteiger partial charge in [0.15, 0.2) is 5.78 Å². The second-order valence-electron chi connectivity index (χ2n) is 7.35. The first-order chi connectivity index (χ1) is 13.2. The van der Waals surface area contributed by atoms with Crippen molar-refractivity contribution >= 4 is 17.7 Å². The molecule has 0 unspecified atom stereocenters. The summed E-state index contributed by atoms with van der Waals surface area (Å²) < 4.78 is 6.51. The van der Waals surface area contributed by atoms with Gasteiger partial charge in [0.2, 0.25) is 0 Å². The lowest BCUT2D eigenvalue weighted by atomic mass is 10.0. The third-order valence-corrected chi connectivity index (χ3v) is 4.82. The number of carbonyl (C=O) groups is 3. The van der Waals surface area contributed by atoms with Crippen molar-refractivity contribution in [1.82, 2.24) is 9.47 Å². The maximum absolute atomic E-state index is 13.1. The first-order valence-electron chi connectivity index (χ1n) is 9.30. The van der Waals surface area contributed by atoms with Crippen molar-refractivity contribution in [3.63, 3.8) is 0 Å². The van der Waals surface area contributed by atoms with Crippen LogP contribution in [0, 0.1) is 19.8 Å². The van der Waals surface area contributed by atoms with Crippen LogP contribution in [-0.2, 0) is 11.8 Å². The highest BCUT2D eigenvalue weighted by atomic mass is 16.5. The van der Waals surface area contributed by atoms with Gasteiger partial charge in [-0.25, -0.2) is 4.79 Å². The predicted octanol–water partition coefficient (Wildman–Crippen LogP) is 3.41. The number of aromatic nitrogens is 1. The summed E-state index contributed by atoms with van der Waals surface area (Å²) in [4.78, 5) is 39.7. The van der Waals surface area contributed by atoms with Gasteiger partial charge < -0.3 is 14.2 Å². The minimum absolute atomic E-state index is 0.0434. The summed E-state index contributed by atoms with van der Waals surface area (Å²) in [5.74, 6) is -0.640. The Morgan fingerprint density at radius 1 is 1.11 bits per heavy atom. The van der Waals surface area contributed by atoms with Crippen LogP contribution in [0.15, 0.2) is 30.3 Å². The van der Waals surface area contributed by atoms with E-state index in [9.17, 15) is 14.4 Å². The molecule has 0 spiro atoms. The third kappa shape index (κ3) is 4.32. The number of Topliss-reactive ketones (excluding diaryl/α,β-unsaturated/α-hetero) is 1. The van der Waals surface area contributed by atoms with E-state index >= 15 is 0 Å². The van der Waals surface area contributed by atoms with Crippen molar-refractivity contribution in [2.24, 2.45) is 13.0 Å². The van der Waals surface area contributed by atoms with E-state index in [4.69, 9.17) is 4.74 Å². The van der Waals surface area contributed by atoms with Crippen LogP contribution in [0.4, 0.5) is 0 Å². The molecule has 28 heavy (non-hydrogen) atoms. The molecule has 0 N–H and O–H groups in total. The van der Waals surface area contributed by atoms with Crippen molar-refractivity contribution < 1.29 is 19.1 Å². The Labute approximate surface area is 166 Å². The standard InChI is InChI=1S/C22H28N2O4/c1-14(2)12-24(21(26)17-10-8-7-9-11-17)13-18(25)19-15(3)20(22(27)28-6)23(5)16(19)4/h7-11,14H,12-13H2,1-6H3. The molecule has 6 heteroatoms. The van der Waals surface area contributed by atoms with Crippen molar-refractivity contribution in [3.05, 3.63) is 58.4 Å². The molecule has 0 saturated heterocycles. The molecule has 0 aliphatic carbocycles. The molecule has 2 aromatic rings. The molecule has 1 amide bonds. The van der Waals surface area contributed by atoms with E-state index < -0.39 is 5.97 Å². The van der Waals surface area contributed by atoms with Crippen LogP contribution >= 0.6 is 0 Å². The fourth-order valence-corrected chi connectivity index (χ4v) is 3.45. The number of ketones is 1. The molecule has 0 atom stereocenters. The third-order valence-electron chi connectivity index (χ3n) is 4.82. The van der Waals surface area contributed by atoms with Crippen LogP contribution in [-0.4, -0.2) is 47.3 Å². The minimum atomic E-state index is -0.485. The monoisotopic (exact) mass is 384 g/mol. The molecule has 6 nitrogen and oxygen atoms in total. The summed E-state index contributed by atoms with van der Waals surface area (Å²) in [7, 11) is 3.04. The zero-order chi connectivity index (χ0) is 21.0. The highest BCUT2D eigenvalue weighted by Crippen LogP contribution is 2.23. The first kappa shape index (κ1) is 21.4. The Bertz CT molecular complexity index is 882. The summed E-state index contributed by atoms with van der Waals surface area (Å²) in [6, 6.07) is 8.94. The van der Waals surface area contributed by atoms with Gasteiger partial charge in [-0.2, -0.15) is 0 Å². The molecule has 0 aliphatic rings. The summed E-state index contributed by atoms with van der Waals surface area (Å²) in [5.41, 5.74) is 2.63. The zero-order valence-electron chi connectivity index (χ0n) is 17.4. The number of amides is 1. The lowest BCUT2D eigenvalue weighted by molar-refractivity contribution is 0.0588. The Kier molecular flexibility index (Phi) is 6.78. The Balaban J connectivity index is 2.37. The minimum Gasteiger partial charge on any atom is -0.464 e. The second-order valence-corrected chi connectivity index (χ2v) is 7.35. The van der Waals surface area contributed by atoms with Crippen molar-refractivity contribution in [2.75, 3.05) is 20.2 Å². The second kappa shape index (κ2) is 8.87. The summed E-state index contributed by atoms with van der Waals surface area (Å²) >= 11 is 0. The highest BCUT2D eigenvalue weighted by molar-refractivity contribution is 6.06. The molecule has 1 aromatic heterocycles. The molecular weight excluding hydrogens is 356 g/mol. The van der Waals surface area contributed by atoms with Crippen LogP contribution in [0.1, 0.15) is 56.3 Å². The molecule has 1 heterocycles. The Hall–Kier alpha value is -2.89. The molecule has 1 aromatic carbocycles. The van der Waals surface area contributed by atoms with E-state index in [2.05, 4.69) is 0 Å². The van der Waals surface area contributed by atoms with Crippen LogP contribution in [0.25, 0.3) is 0 Å². The summed E-state index contributed by atoms with van der Waals surface area (Å²) in [5, 5.41) is 0. The number of hydrogen-bond donors (Lipinski definition) is 0. The van der Waals surface area contributed by atoms with Gasteiger partial charge in [-0.3, -0.25) is 9.59 Å². The molecule has 0 bridgehead atoms. The van der Waals surface area contributed by atoms with E-state index in [1.807, 2.05) is 19.9 Å². The lowest BCUT2D eigenvalue weighted by Crippen LogP contribution is -2.38. The topological polar surface area (TPSA) is 68.6 Å². The Morgan fingerprint density at radius 2 is 1.71 bits per heavy atom. The molecule has 0 radical (unpaired) electrons. The smallest absolute Gasteiger partial charge is 0.354 e. The number of methoxy groups -OCH3 is 1. The van der Waals surface area contributed by atoms with Gasteiger partial charge in [-0.15, -0.1) is 0 Å². The number of carbonyl (C=O) groups excluding carboxylic acids is 3. The summed E-state index contributed by atoms with van der Waals surface area (Å²) in [6.07, 6.45) is 0. The van der Waals surface area contributed by atoms with Crippen LogP contribution in [0.5, 0.6) is 0 Å². The first-order valence-corrected chi connectivity index (χ1v) is 9.30. The normalized spacial score (nSPS) is 10.8. The lowest BCUT2D eigenvalue weighted by Gasteiger charge is -2.24. The quantitative estimate of drug-likeness (QED) is 0.542. The van der Waals surface area contributed by atoms with Crippen LogP contribution in [0.2, 0.25) is 0 Å². The van der Waals surface area contributed by atoms with Crippen molar-refractivity contribution in [3.8, 4) is 0 Å². The van der Waals surface area contributed by atoms with Gasteiger partial charge in [0, 0.05) is 30.4 Å². The molecular formula is C22H28N2O4. The van der Waals surface area contributed by atoms with Crippen LogP contribution in [0.3, 0.4) is 0 Å². The number of ether oxygens (including phenoxy) is 1. The van der Waals surface area contributed by atoms with Gasteiger partial charge in [-0.1, -0.05) is 32.0 Å². The van der Waals surface area contributed by atoms with Crippen LogP contribution < -0.4 is 0 Å². The number of hydrogen-bond acceptors (Lipinski definition) is 4. The highest BCUT2D eigenvalue weighted by Gasteiger charge is 2.28. The van der Waals surface area contributed by atoms with Gasteiger partial charge >= 0.3 is 5.97 Å². The van der Waals surface area contributed by atoms with Gasteiger partial charge in [-0.05, 0) is 37.5 Å². The fraction of sp³-hybridized carbons (Fsp3) is 0.409. The number of nitrogens with zero attached hydrogens (tertiary/aromatic N) is 2. The van der Waals surface area contributed by atoms with E-state index in [1.54, 1.807) is 54.6 Å². The maximum Gasteiger partial charge on any atom is 0.354 e. The maximum atomic E-state index is 13.1.